The number of oxime groups is 1. The average molecular weight is 845 g/mol. The van der Waals surface area contributed by atoms with Gasteiger partial charge in [0.15, 0.2) is 33.9 Å². The van der Waals surface area contributed by atoms with E-state index in [1.807, 2.05) is 0 Å². The number of fused-ring (bicyclic) bond motifs is 2. The number of benzene rings is 1. The number of aromatic hydroxyl groups is 2. The number of carbonyl (C=O) groups excluding carboxylic acids is 6. The molecular formula is C32H31FN10Na2O10S2. The number of Topliss-reactive ketones (excluding diaryl/α,β-unsaturated/α-hetero) is 1. The zero-order chi connectivity index (χ0) is 39.6. The quantitative estimate of drug-likeness (QED) is 0.0307. The first-order valence-corrected chi connectivity index (χ1v) is 18.4. The number of hydrogen-bond acceptors (Lipinski definition) is 18. The SMILES string of the molecule is O=C=O.[CH2-][C@H](O/N=C(\C(=O)C[C@@H]1C(=O)N2C(c3nnn[n-]3)=C(C[N+]34CCC[C@H]3CN(C(=O)c3cc(O)c(O)c(F)c3)CC4)CS[C@H]12)c1csc(N)n1)C(=O)[O-].[Na+].[Na+]. The number of phenols is 2. The molecule has 1 aromatic carbocycles. The molecule has 20 nitrogen and oxygen atoms in total. The molecule has 0 aliphatic carbocycles. The van der Waals surface area contributed by atoms with Gasteiger partial charge in [0.2, 0.25) is 5.91 Å². The number of nitrogen functional groups attached to an aromatic ring is 1. The van der Waals surface area contributed by atoms with Gasteiger partial charge in [0, 0.05) is 47.6 Å². The number of thioether (sulfide) groups is 1. The van der Waals surface area contributed by atoms with Crippen molar-refractivity contribution in [1.29, 1.82) is 0 Å². The number of hydrogen-bond donors (Lipinski definition) is 3. The summed E-state index contributed by atoms with van der Waals surface area (Å²) in [5.41, 5.74) is 6.81. The summed E-state index contributed by atoms with van der Waals surface area (Å²) in [6.45, 7) is 5.95. The molecule has 0 radical (unpaired) electrons. The first-order chi connectivity index (χ1) is 26.3. The molecule has 1 unspecified atom stereocenters. The molecule has 7 rings (SSSR count). The number of amides is 2. The Kier molecular flexibility index (Phi) is 15.6. The minimum Gasteiger partial charge on any atom is -0.549 e. The first-order valence-electron chi connectivity index (χ1n) is 16.5. The fourth-order valence-corrected chi connectivity index (χ4v) is 9.30. The molecule has 2 amide bonds. The van der Waals surface area contributed by atoms with Gasteiger partial charge in [-0.25, -0.2) is 9.37 Å². The second-order valence-corrected chi connectivity index (χ2v) is 15.0. The van der Waals surface area contributed by atoms with E-state index in [9.17, 15) is 38.9 Å². The number of thiazole rings is 1. The molecule has 0 spiro atoms. The van der Waals surface area contributed by atoms with E-state index in [2.05, 4.69) is 37.7 Å². The van der Waals surface area contributed by atoms with E-state index in [1.54, 1.807) is 9.80 Å². The number of anilines is 1. The second kappa shape index (κ2) is 19.3. The number of aliphatic carboxylic acids is 1. The number of phenolic OH excluding ortho intramolecular Hbond substituents is 2. The number of tetrazole rings is 1. The number of carboxylic acids is 1. The molecule has 3 fully saturated rings. The van der Waals surface area contributed by atoms with E-state index in [1.165, 1.54) is 17.1 Å². The number of nitrogens with two attached hydrogens (primary N) is 1. The Morgan fingerprint density at radius 2 is 1.98 bits per heavy atom. The van der Waals surface area contributed by atoms with Crippen LogP contribution in [0.4, 0.5) is 9.52 Å². The van der Waals surface area contributed by atoms with Crippen LogP contribution in [-0.4, -0.2) is 136 Å². The van der Waals surface area contributed by atoms with E-state index < -0.39 is 52.4 Å². The van der Waals surface area contributed by atoms with Crippen LogP contribution >= 0.6 is 23.1 Å². The summed E-state index contributed by atoms with van der Waals surface area (Å²) in [4.78, 5) is 80.3. The third-order valence-electron chi connectivity index (χ3n) is 9.90. The Morgan fingerprint density at radius 1 is 1.25 bits per heavy atom. The smallest absolute Gasteiger partial charge is 0.549 e. The van der Waals surface area contributed by atoms with Crippen LogP contribution < -0.4 is 75.1 Å². The van der Waals surface area contributed by atoms with Crippen molar-refractivity contribution in [2.45, 2.75) is 36.8 Å². The van der Waals surface area contributed by atoms with Gasteiger partial charge in [0.25, 0.3) is 5.91 Å². The van der Waals surface area contributed by atoms with Crippen molar-refractivity contribution in [2.24, 2.45) is 11.1 Å². The fourth-order valence-electron chi connectivity index (χ4n) is 7.35. The van der Waals surface area contributed by atoms with Crippen molar-refractivity contribution in [2.75, 3.05) is 44.2 Å². The standard InChI is InChI=1S/C31H33FN10O8S2.CO2.2Na/c1-14(30(48)49)50-37-23(20-13-52-31(33)34-20)21(43)9-18-28(47)41-24(26-35-38-39-36-26)16(12-51-29(18)41)11-42-5-2-3-17(42)10-40(4-6-42)27(46)15-7-19(32)25(45)22(44)8-15;2-1-3;;/h7-8,13-14,17-18,29H,1-6,9-12H2,(H6,33,34,35,36,37,38,39,43,44,45,46,48,49);;;/q;;2*+1/p-2/t14-,17-,18+,29+,42?;;;/m0.../s1. The maximum atomic E-state index is 14.1. The van der Waals surface area contributed by atoms with Crippen LogP contribution in [-0.2, 0) is 28.8 Å². The van der Waals surface area contributed by atoms with Gasteiger partial charge in [0.05, 0.1) is 55.0 Å². The van der Waals surface area contributed by atoms with Crippen molar-refractivity contribution < 1.29 is 117 Å². The Morgan fingerprint density at radius 3 is 2.61 bits per heavy atom. The molecular weight excluding hydrogens is 814 g/mol. The number of ketones is 1. The van der Waals surface area contributed by atoms with Gasteiger partial charge in [0.1, 0.15) is 18.3 Å². The molecule has 25 heteroatoms. The molecule has 6 heterocycles. The number of piperazine rings is 1. The molecule has 4 N–H and O–H groups in total. The van der Waals surface area contributed by atoms with Gasteiger partial charge in [-0.2, -0.15) is 14.8 Å². The normalized spacial score (nSPS) is 22.9. The fraction of sp³-hybridized carbons (Fsp3) is 0.406. The van der Waals surface area contributed by atoms with Gasteiger partial charge < -0.3 is 45.2 Å². The van der Waals surface area contributed by atoms with Crippen LogP contribution in [0.3, 0.4) is 0 Å². The van der Waals surface area contributed by atoms with Gasteiger partial charge in [-0.1, -0.05) is 5.16 Å². The third-order valence-corrected chi connectivity index (χ3v) is 12.0. The Bertz CT molecular complexity index is 2100. The monoisotopic (exact) mass is 844 g/mol. The molecule has 4 aliphatic heterocycles. The molecule has 290 valence electrons. The Balaban J connectivity index is 0.00000140. The third kappa shape index (κ3) is 9.43. The van der Waals surface area contributed by atoms with E-state index in [4.69, 9.17) is 20.2 Å². The van der Waals surface area contributed by atoms with Crippen molar-refractivity contribution >= 4 is 69.4 Å². The summed E-state index contributed by atoms with van der Waals surface area (Å²) in [6.07, 6.45) is -0.000703. The van der Waals surface area contributed by atoms with Gasteiger partial charge >= 0.3 is 65.3 Å². The van der Waals surface area contributed by atoms with E-state index in [-0.39, 0.29) is 112 Å². The maximum absolute atomic E-state index is 14.1. The summed E-state index contributed by atoms with van der Waals surface area (Å²) in [6, 6.07) is 2.00. The topological polar surface area (TPSA) is 286 Å². The predicted octanol–water partition coefficient (Wildman–Crippen LogP) is -7.45. The number of carboxylic acid groups (broad SMARTS) is 1. The maximum Gasteiger partial charge on any atom is 1.00 e. The average Bonchev–Trinajstić information content (AvgIpc) is 3.94. The van der Waals surface area contributed by atoms with Gasteiger partial charge in [-0.3, -0.25) is 36.5 Å². The summed E-state index contributed by atoms with van der Waals surface area (Å²) in [5.74, 6) is -5.89. The Labute approximate surface area is 375 Å². The zero-order valence-electron chi connectivity index (χ0n) is 30.6. The molecule has 0 saturated carbocycles. The van der Waals surface area contributed by atoms with Gasteiger partial charge in [-0.15, -0.1) is 23.1 Å². The molecule has 3 saturated heterocycles. The minimum atomic E-state index is -1.70. The van der Waals surface area contributed by atoms with Crippen LogP contribution in [0.1, 0.15) is 41.1 Å². The second-order valence-electron chi connectivity index (χ2n) is 13.0. The number of nitrogens with zero attached hydrogens (tertiary/aromatic N) is 9. The van der Waals surface area contributed by atoms with Crippen LogP contribution in [0.2, 0.25) is 0 Å². The first kappa shape index (κ1) is 45.9. The van der Waals surface area contributed by atoms with Crippen molar-refractivity contribution in [1.82, 2.24) is 35.4 Å². The summed E-state index contributed by atoms with van der Waals surface area (Å²) in [5, 5.41) is 50.9. The van der Waals surface area contributed by atoms with Crippen LogP contribution in [0, 0.1) is 18.7 Å². The van der Waals surface area contributed by atoms with E-state index in [0.717, 1.165) is 48.4 Å². The van der Waals surface area contributed by atoms with Crippen molar-refractivity contribution in [3.63, 3.8) is 0 Å². The Hall–Kier alpha value is -3.77. The molecule has 4 aliphatic rings. The van der Waals surface area contributed by atoms with E-state index >= 15 is 0 Å². The summed E-state index contributed by atoms with van der Waals surface area (Å²) in [7, 11) is 0. The number of rotatable bonds is 11. The number of halogens is 1. The van der Waals surface area contributed by atoms with Crippen LogP contribution in [0.5, 0.6) is 11.5 Å². The number of aromatic nitrogens is 5. The van der Waals surface area contributed by atoms with Gasteiger partial charge in [-0.05, 0) is 12.1 Å². The summed E-state index contributed by atoms with van der Waals surface area (Å²) < 4.78 is 14.8. The largest absolute Gasteiger partial charge is 1.00 e. The minimum absolute atomic E-state index is 0. The van der Waals surface area contributed by atoms with Crippen molar-refractivity contribution in [3.05, 3.63) is 52.9 Å². The number of quaternary nitrogens is 1. The zero-order valence-corrected chi connectivity index (χ0v) is 36.2. The molecule has 3 aromatic rings. The number of carbonyl (C=O) groups is 4. The molecule has 2 aromatic heterocycles. The van der Waals surface area contributed by atoms with E-state index in [0.29, 0.717) is 42.1 Å². The summed E-state index contributed by atoms with van der Waals surface area (Å²) >= 11 is 2.52. The molecule has 5 atom stereocenters. The molecule has 0 bridgehead atoms. The van der Waals surface area contributed by atoms with Crippen LogP contribution in [0.25, 0.3) is 5.70 Å². The van der Waals surface area contributed by atoms with Crippen molar-refractivity contribution in [3.8, 4) is 11.5 Å². The molecule has 57 heavy (non-hydrogen) atoms. The number of β-lactam (4-membered cyclic amide) rings is 1. The van der Waals surface area contributed by atoms with Crippen LogP contribution in [0.15, 0.2) is 28.2 Å². The predicted molar refractivity (Wildman–Crippen MR) is 183 cm³/mol.